The Morgan fingerprint density at radius 1 is 0.930 bits per heavy atom. The molecule has 10 heteroatoms. The molecule has 3 aromatic rings. The van der Waals surface area contributed by atoms with Gasteiger partial charge < -0.3 is 10.2 Å². The van der Waals surface area contributed by atoms with E-state index in [1.54, 1.807) is 48.5 Å². The molecule has 1 atom stereocenters. The number of nitrogens with one attached hydrogen (secondary N) is 1. The summed E-state index contributed by atoms with van der Waals surface area (Å²) >= 11 is 12.7. The van der Waals surface area contributed by atoms with Crippen molar-refractivity contribution in [2.75, 3.05) is 10.8 Å². The molecule has 0 heterocycles. The van der Waals surface area contributed by atoms with Gasteiger partial charge in [-0.3, -0.25) is 13.9 Å². The molecule has 1 N–H and O–H groups in total. The second-order valence-electron chi connectivity index (χ2n) is 11.3. The van der Waals surface area contributed by atoms with Crippen molar-refractivity contribution in [3.8, 4) is 0 Å². The fourth-order valence-corrected chi connectivity index (χ4v) is 7.40. The largest absolute Gasteiger partial charge is 0.352 e. The number of amides is 2. The molecule has 4 rings (SSSR count). The van der Waals surface area contributed by atoms with Crippen molar-refractivity contribution in [1.82, 2.24) is 10.2 Å². The van der Waals surface area contributed by atoms with E-state index >= 15 is 0 Å². The van der Waals surface area contributed by atoms with E-state index in [0.29, 0.717) is 33.3 Å². The maximum absolute atomic E-state index is 14.4. The number of benzene rings is 3. The summed E-state index contributed by atoms with van der Waals surface area (Å²) in [6.07, 6.45) is 4.23. The number of aryl methyl sites for hydroxylation is 3. The first-order valence-electron chi connectivity index (χ1n) is 14.6. The Balaban J connectivity index is 1.76. The van der Waals surface area contributed by atoms with Gasteiger partial charge in [-0.1, -0.05) is 78.9 Å². The quantitative estimate of drug-likeness (QED) is 0.244. The molecule has 7 nitrogen and oxygen atoms in total. The average Bonchev–Trinajstić information content (AvgIpc) is 3.47. The smallest absolute Gasteiger partial charge is 0.264 e. The van der Waals surface area contributed by atoms with Crippen molar-refractivity contribution in [2.45, 2.75) is 83.3 Å². The number of hydrogen-bond acceptors (Lipinski definition) is 4. The number of halogens is 2. The first-order chi connectivity index (χ1) is 20.4. The normalized spacial score (nSPS) is 14.4. The minimum Gasteiger partial charge on any atom is -0.352 e. The monoisotopic (exact) mass is 643 g/mol. The molecule has 230 valence electrons. The summed E-state index contributed by atoms with van der Waals surface area (Å²) in [7, 11) is -4.15. The summed E-state index contributed by atoms with van der Waals surface area (Å²) in [5.41, 5.74) is 3.48. The van der Waals surface area contributed by atoms with Crippen LogP contribution in [0, 0.1) is 20.8 Å². The van der Waals surface area contributed by atoms with E-state index < -0.39 is 28.5 Å². The number of carbonyl (C=O) groups is 2. The van der Waals surface area contributed by atoms with E-state index in [4.69, 9.17) is 23.2 Å². The third kappa shape index (κ3) is 7.91. The van der Waals surface area contributed by atoms with Gasteiger partial charge in [0.15, 0.2) is 0 Å². The molecule has 0 unspecified atom stereocenters. The van der Waals surface area contributed by atoms with Crippen LogP contribution >= 0.6 is 23.2 Å². The summed E-state index contributed by atoms with van der Waals surface area (Å²) in [5.74, 6) is -0.774. The number of nitrogens with zero attached hydrogens (tertiary/aromatic N) is 2. The minimum atomic E-state index is -4.15. The third-order valence-corrected chi connectivity index (χ3v) is 10.3. The molecule has 0 radical (unpaired) electrons. The second-order valence-corrected chi connectivity index (χ2v) is 14.0. The highest BCUT2D eigenvalue weighted by atomic mass is 35.5. The van der Waals surface area contributed by atoms with Crippen LogP contribution in [0.25, 0.3) is 0 Å². The second kappa shape index (κ2) is 14.1. The van der Waals surface area contributed by atoms with Gasteiger partial charge in [0.25, 0.3) is 10.0 Å². The van der Waals surface area contributed by atoms with Crippen LogP contribution < -0.4 is 9.62 Å². The lowest BCUT2D eigenvalue weighted by Gasteiger charge is -2.34. The van der Waals surface area contributed by atoms with Crippen LogP contribution in [-0.2, 0) is 26.2 Å². The number of hydrogen-bond donors (Lipinski definition) is 1. The number of anilines is 1. The number of sulfonamides is 1. The predicted octanol–water partition coefficient (Wildman–Crippen LogP) is 6.98. The lowest BCUT2D eigenvalue weighted by molar-refractivity contribution is -0.140. The standard InChI is InChI=1S/C33H39Cl2N3O4S/c1-5-30(33(40)36-27-8-6-7-9-27)37(20-25-14-15-26(34)19-29(25)35)32(39)21-38(31-18-23(3)10-13-24(31)4)43(41,42)28-16-11-22(2)12-17-28/h10-19,27,30H,5-9,20-21H2,1-4H3,(H,36,40)/t30-/m1/s1. The Kier molecular flexibility index (Phi) is 10.8. The fourth-order valence-electron chi connectivity index (χ4n) is 5.46. The maximum Gasteiger partial charge on any atom is 0.264 e. The molecular formula is C33H39Cl2N3O4S. The van der Waals surface area contributed by atoms with E-state index in [9.17, 15) is 18.0 Å². The minimum absolute atomic E-state index is 0.0106. The van der Waals surface area contributed by atoms with Crippen LogP contribution in [0.5, 0.6) is 0 Å². The molecule has 2 amide bonds. The molecular weight excluding hydrogens is 605 g/mol. The zero-order chi connectivity index (χ0) is 31.3. The average molecular weight is 645 g/mol. The Labute approximate surface area is 265 Å². The summed E-state index contributed by atoms with van der Waals surface area (Å²) in [4.78, 5) is 29.5. The van der Waals surface area contributed by atoms with E-state index in [1.165, 1.54) is 4.90 Å². The first-order valence-corrected chi connectivity index (χ1v) is 16.8. The number of carbonyl (C=O) groups excluding carboxylic acids is 2. The highest BCUT2D eigenvalue weighted by molar-refractivity contribution is 7.92. The fraction of sp³-hybridized carbons (Fsp3) is 0.394. The van der Waals surface area contributed by atoms with Crippen LogP contribution in [0.2, 0.25) is 10.0 Å². The zero-order valence-electron chi connectivity index (χ0n) is 25.1. The Bertz CT molecular complexity index is 1570. The van der Waals surface area contributed by atoms with Crippen molar-refractivity contribution in [3.05, 3.63) is 93.0 Å². The van der Waals surface area contributed by atoms with Gasteiger partial charge in [-0.2, -0.15) is 0 Å². The highest BCUT2D eigenvalue weighted by Gasteiger charge is 2.35. The summed E-state index contributed by atoms with van der Waals surface area (Å²) < 4.78 is 29.5. The van der Waals surface area contributed by atoms with Crippen molar-refractivity contribution in [1.29, 1.82) is 0 Å². The molecule has 1 aliphatic rings. The molecule has 0 aromatic heterocycles. The Morgan fingerprint density at radius 3 is 2.21 bits per heavy atom. The molecule has 0 spiro atoms. The van der Waals surface area contributed by atoms with Gasteiger partial charge in [0.05, 0.1) is 10.6 Å². The van der Waals surface area contributed by atoms with Crippen molar-refractivity contribution in [3.63, 3.8) is 0 Å². The van der Waals surface area contributed by atoms with Crippen LogP contribution in [0.15, 0.2) is 65.6 Å². The summed E-state index contributed by atoms with van der Waals surface area (Å²) in [6.45, 7) is 6.91. The van der Waals surface area contributed by atoms with E-state index in [0.717, 1.165) is 41.1 Å². The van der Waals surface area contributed by atoms with E-state index in [2.05, 4.69) is 5.32 Å². The van der Waals surface area contributed by atoms with Gasteiger partial charge in [0.1, 0.15) is 12.6 Å². The van der Waals surface area contributed by atoms with E-state index in [-0.39, 0.29) is 23.4 Å². The van der Waals surface area contributed by atoms with Crippen LogP contribution in [-0.4, -0.2) is 43.8 Å². The first kappa shape index (κ1) is 32.8. The molecule has 1 fully saturated rings. The summed E-state index contributed by atoms with van der Waals surface area (Å²) in [5, 5.41) is 3.92. The van der Waals surface area contributed by atoms with Gasteiger partial charge in [0.2, 0.25) is 11.8 Å². The van der Waals surface area contributed by atoms with Gasteiger partial charge >= 0.3 is 0 Å². The van der Waals surface area contributed by atoms with E-state index in [1.807, 2.05) is 39.8 Å². The Morgan fingerprint density at radius 2 is 1.58 bits per heavy atom. The lowest BCUT2D eigenvalue weighted by Crippen LogP contribution is -2.53. The molecule has 0 aliphatic heterocycles. The summed E-state index contributed by atoms with van der Waals surface area (Å²) in [6, 6.07) is 16.3. The van der Waals surface area contributed by atoms with Gasteiger partial charge in [0, 0.05) is 22.6 Å². The van der Waals surface area contributed by atoms with Crippen molar-refractivity contribution >= 4 is 50.7 Å². The highest BCUT2D eigenvalue weighted by Crippen LogP contribution is 2.30. The molecule has 0 bridgehead atoms. The lowest BCUT2D eigenvalue weighted by atomic mass is 10.1. The van der Waals surface area contributed by atoms with Crippen molar-refractivity contribution < 1.29 is 18.0 Å². The van der Waals surface area contributed by atoms with Gasteiger partial charge in [-0.15, -0.1) is 0 Å². The zero-order valence-corrected chi connectivity index (χ0v) is 27.4. The van der Waals surface area contributed by atoms with Crippen LogP contribution in [0.4, 0.5) is 5.69 Å². The predicted molar refractivity (Wildman–Crippen MR) is 173 cm³/mol. The third-order valence-electron chi connectivity index (χ3n) is 7.96. The molecule has 3 aromatic carbocycles. The molecule has 1 aliphatic carbocycles. The van der Waals surface area contributed by atoms with Gasteiger partial charge in [-0.25, -0.2) is 8.42 Å². The molecule has 43 heavy (non-hydrogen) atoms. The maximum atomic E-state index is 14.4. The molecule has 1 saturated carbocycles. The van der Waals surface area contributed by atoms with Crippen LogP contribution in [0.1, 0.15) is 61.3 Å². The van der Waals surface area contributed by atoms with Gasteiger partial charge in [-0.05, 0) is 87.1 Å². The number of rotatable bonds is 11. The van der Waals surface area contributed by atoms with Crippen molar-refractivity contribution in [2.24, 2.45) is 0 Å². The molecule has 0 saturated heterocycles. The SMILES string of the molecule is CC[C@H](C(=O)NC1CCCC1)N(Cc1ccc(Cl)cc1Cl)C(=O)CN(c1cc(C)ccc1C)S(=O)(=O)c1ccc(C)cc1. The topological polar surface area (TPSA) is 86.8 Å². The van der Waals surface area contributed by atoms with Crippen LogP contribution in [0.3, 0.4) is 0 Å². The Hall–Kier alpha value is -3.07.